The largest absolute Gasteiger partial charge is 0.506 e. The number of halogens is 1. The van der Waals surface area contributed by atoms with Gasteiger partial charge in [0.2, 0.25) is 5.95 Å². The highest BCUT2D eigenvalue weighted by molar-refractivity contribution is 6.31. The van der Waals surface area contributed by atoms with E-state index in [9.17, 15) is 5.11 Å². The van der Waals surface area contributed by atoms with Crippen LogP contribution >= 0.6 is 11.6 Å². The van der Waals surface area contributed by atoms with Gasteiger partial charge in [0, 0.05) is 16.5 Å². The van der Waals surface area contributed by atoms with E-state index in [4.69, 9.17) is 11.6 Å². The maximum Gasteiger partial charge on any atom is 0.229 e. The second-order valence-electron chi connectivity index (χ2n) is 5.50. The lowest BCUT2D eigenvalue weighted by molar-refractivity contribution is 0.477. The van der Waals surface area contributed by atoms with Gasteiger partial charge in [0.1, 0.15) is 11.6 Å². The first-order chi connectivity index (χ1) is 11.0. The molecule has 5 nitrogen and oxygen atoms in total. The average molecular weight is 329 g/mol. The second kappa shape index (κ2) is 6.30. The Labute approximate surface area is 139 Å². The predicted octanol–water partition coefficient (Wildman–Crippen LogP) is 4.55. The minimum absolute atomic E-state index is 0.0875. The Kier molecular flexibility index (Phi) is 4.21. The molecule has 0 unspecified atom stereocenters. The van der Waals surface area contributed by atoms with E-state index in [1.54, 1.807) is 12.1 Å². The van der Waals surface area contributed by atoms with E-state index >= 15 is 0 Å². The molecule has 23 heavy (non-hydrogen) atoms. The molecule has 0 aliphatic heterocycles. The molecule has 0 fully saturated rings. The first-order valence-electron chi connectivity index (χ1n) is 7.32. The molecule has 6 heteroatoms. The molecule has 3 aromatic rings. The van der Waals surface area contributed by atoms with Crippen LogP contribution in [0, 0.1) is 0 Å². The molecule has 0 saturated carbocycles. The topological polar surface area (TPSA) is 70.1 Å². The zero-order valence-electron chi connectivity index (χ0n) is 12.8. The van der Waals surface area contributed by atoms with Crippen LogP contribution in [0.4, 0.5) is 17.5 Å². The molecule has 0 atom stereocenters. The molecule has 0 amide bonds. The van der Waals surface area contributed by atoms with Gasteiger partial charge in [-0.05, 0) is 44.2 Å². The summed E-state index contributed by atoms with van der Waals surface area (Å²) in [4.78, 5) is 9.01. The second-order valence-corrected chi connectivity index (χ2v) is 5.93. The number of nitrogens with zero attached hydrogens (tertiary/aromatic N) is 2. The number of benzene rings is 2. The number of aromatic nitrogens is 2. The van der Waals surface area contributed by atoms with Crippen LogP contribution in [0.3, 0.4) is 0 Å². The van der Waals surface area contributed by atoms with Crippen molar-refractivity contribution in [2.24, 2.45) is 0 Å². The minimum atomic E-state index is 0.0875. The number of aromatic hydroxyl groups is 1. The molecule has 0 radical (unpaired) electrons. The summed E-state index contributed by atoms with van der Waals surface area (Å²) in [6.45, 7) is 4.10. The van der Waals surface area contributed by atoms with Gasteiger partial charge in [-0.15, -0.1) is 0 Å². The van der Waals surface area contributed by atoms with Gasteiger partial charge in [0.05, 0.1) is 11.2 Å². The van der Waals surface area contributed by atoms with Gasteiger partial charge in [-0.25, -0.2) is 4.98 Å². The lowest BCUT2D eigenvalue weighted by Crippen LogP contribution is -2.12. The highest BCUT2D eigenvalue weighted by atomic mass is 35.5. The number of nitrogens with one attached hydrogen (secondary N) is 2. The normalized spacial score (nSPS) is 11.0. The summed E-state index contributed by atoms with van der Waals surface area (Å²) in [6.07, 6.45) is 0. The smallest absolute Gasteiger partial charge is 0.229 e. The number of hydrogen-bond acceptors (Lipinski definition) is 5. The molecular weight excluding hydrogens is 312 g/mol. The molecule has 0 saturated heterocycles. The van der Waals surface area contributed by atoms with Gasteiger partial charge in [-0.2, -0.15) is 4.98 Å². The van der Waals surface area contributed by atoms with Gasteiger partial charge >= 0.3 is 0 Å². The SMILES string of the molecule is CC(C)Nc1nc(Nc2cc(Cl)ccc2O)nc2ccccc12. The van der Waals surface area contributed by atoms with Crippen LogP contribution < -0.4 is 10.6 Å². The van der Waals surface area contributed by atoms with E-state index in [1.807, 2.05) is 38.1 Å². The molecule has 0 bridgehead atoms. The number of anilines is 3. The number of phenols is 1. The van der Waals surface area contributed by atoms with E-state index in [2.05, 4.69) is 20.6 Å². The van der Waals surface area contributed by atoms with Gasteiger partial charge in [0.25, 0.3) is 0 Å². The third kappa shape index (κ3) is 3.46. The van der Waals surface area contributed by atoms with Crippen molar-refractivity contribution in [3.05, 3.63) is 47.5 Å². The van der Waals surface area contributed by atoms with Crippen molar-refractivity contribution in [1.82, 2.24) is 9.97 Å². The lowest BCUT2D eigenvalue weighted by atomic mass is 10.2. The molecule has 0 spiro atoms. The molecular formula is C17H17ClN4O. The van der Waals surface area contributed by atoms with E-state index in [1.165, 1.54) is 6.07 Å². The number of phenolic OH excluding ortho intramolecular Hbond substituents is 1. The van der Waals surface area contributed by atoms with Crippen LogP contribution in [0.2, 0.25) is 5.02 Å². The van der Waals surface area contributed by atoms with Gasteiger partial charge in [-0.1, -0.05) is 23.7 Å². The Morgan fingerprint density at radius 3 is 2.65 bits per heavy atom. The van der Waals surface area contributed by atoms with E-state index in [0.29, 0.717) is 16.7 Å². The van der Waals surface area contributed by atoms with Crippen LogP contribution in [0.25, 0.3) is 10.9 Å². The minimum Gasteiger partial charge on any atom is -0.506 e. The highest BCUT2D eigenvalue weighted by Crippen LogP contribution is 2.30. The standard InChI is InChI=1S/C17H17ClN4O/c1-10(2)19-16-12-5-3-4-6-13(12)20-17(22-16)21-14-9-11(18)7-8-15(14)23/h3-10,23H,1-2H3,(H2,19,20,21,22). The van der Waals surface area contributed by atoms with Crippen LogP contribution in [0.15, 0.2) is 42.5 Å². The summed E-state index contributed by atoms with van der Waals surface area (Å²) in [5.74, 6) is 1.23. The van der Waals surface area contributed by atoms with Gasteiger partial charge in [-0.3, -0.25) is 0 Å². The average Bonchev–Trinajstić information content (AvgIpc) is 2.50. The van der Waals surface area contributed by atoms with Crippen LogP contribution in [0.5, 0.6) is 5.75 Å². The van der Waals surface area contributed by atoms with Gasteiger partial charge < -0.3 is 15.7 Å². The number of rotatable bonds is 4. The van der Waals surface area contributed by atoms with Crippen molar-refractivity contribution in [2.45, 2.75) is 19.9 Å². The maximum atomic E-state index is 9.93. The third-order valence-corrected chi connectivity index (χ3v) is 3.47. The molecule has 0 aliphatic carbocycles. The van der Waals surface area contributed by atoms with Crippen molar-refractivity contribution >= 4 is 40.0 Å². The monoisotopic (exact) mass is 328 g/mol. The molecule has 1 aromatic heterocycles. The Morgan fingerprint density at radius 2 is 1.87 bits per heavy atom. The molecule has 2 aromatic carbocycles. The summed E-state index contributed by atoms with van der Waals surface area (Å²) in [5, 5.41) is 17.7. The zero-order chi connectivity index (χ0) is 16.4. The van der Waals surface area contributed by atoms with Gasteiger partial charge in [0.15, 0.2) is 0 Å². The van der Waals surface area contributed by atoms with Crippen LogP contribution in [-0.2, 0) is 0 Å². The van der Waals surface area contributed by atoms with Crippen molar-refractivity contribution in [3.8, 4) is 5.75 Å². The number of para-hydroxylation sites is 1. The Hall–Kier alpha value is -2.53. The molecule has 1 heterocycles. The predicted molar refractivity (Wildman–Crippen MR) is 94.7 cm³/mol. The molecule has 118 valence electrons. The quantitative estimate of drug-likeness (QED) is 0.613. The van der Waals surface area contributed by atoms with E-state index in [0.717, 1.165) is 16.7 Å². The van der Waals surface area contributed by atoms with Crippen molar-refractivity contribution in [1.29, 1.82) is 0 Å². The summed E-state index contributed by atoms with van der Waals surface area (Å²) >= 11 is 5.97. The van der Waals surface area contributed by atoms with Crippen molar-refractivity contribution in [3.63, 3.8) is 0 Å². The first kappa shape index (κ1) is 15.4. The van der Waals surface area contributed by atoms with E-state index in [-0.39, 0.29) is 11.8 Å². The van der Waals surface area contributed by atoms with Crippen LogP contribution in [0.1, 0.15) is 13.8 Å². The molecule has 3 N–H and O–H groups in total. The first-order valence-corrected chi connectivity index (χ1v) is 7.69. The number of hydrogen-bond donors (Lipinski definition) is 3. The lowest BCUT2D eigenvalue weighted by Gasteiger charge is -2.14. The van der Waals surface area contributed by atoms with E-state index < -0.39 is 0 Å². The third-order valence-electron chi connectivity index (χ3n) is 3.23. The summed E-state index contributed by atoms with van der Waals surface area (Å²) < 4.78 is 0. The molecule has 0 aliphatic rings. The Balaban J connectivity index is 2.05. The maximum absolute atomic E-state index is 9.93. The fourth-order valence-corrected chi connectivity index (χ4v) is 2.42. The van der Waals surface area contributed by atoms with Crippen LogP contribution in [-0.4, -0.2) is 21.1 Å². The summed E-state index contributed by atoms with van der Waals surface area (Å²) in [5.41, 5.74) is 1.28. The highest BCUT2D eigenvalue weighted by Gasteiger charge is 2.10. The fourth-order valence-electron chi connectivity index (χ4n) is 2.24. The fraction of sp³-hybridized carbons (Fsp3) is 0.176. The Bertz CT molecular complexity index is 851. The van der Waals surface area contributed by atoms with Crippen molar-refractivity contribution in [2.75, 3.05) is 10.6 Å². The summed E-state index contributed by atoms with van der Waals surface area (Å²) in [7, 11) is 0. The van der Waals surface area contributed by atoms with Crippen molar-refractivity contribution < 1.29 is 5.11 Å². The zero-order valence-corrected chi connectivity index (χ0v) is 13.6. The number of fused-ring (bicyclic) bond motifs is 1. The Morgan fingerprint density at radius 1 is 1.09 bits per heavy atom. The summed E-state index contributed by atoms with van der Waals surface area (Å²) in [6, 6.07) is 12.8. The molecule has 3 rings (SSSR count).